The van der Waals surface area contributed by atoms with E-state index >= 15 is 0 Å². The zero-order chi connectivity index (χ0) is 20.3. The third kappa shape index (κ3) is 4.35. The Hall–Kier alpha value is -2.26. The van der Waals surface area contributed by atoms with Gasteiger partial charge in [-0.2, -0.15) is 4.31 Å². The average Bonchev–Trinajstić information content (AvgIpc) is 3.25. The minimum Gasteiger partial charge on any atom is -0.494 e. The SMILES string of the molecule is CCOc1ccc(-c2nc(-c3ccc(S(=O)(=O)N4CCOCC4)cc3)cs2)cc1. The molecule has 1 aliphatic heterocycles. The number of thiazole rings is 1. The molecule has 0 spiro atoms. The third-order valence-electron chi connectivity index (χ3n) is 4.67. The number of nitrogens with zero attached hydrogens (tertiary/aromatic N) is 2. The van der Waals surface area contributed by atoms with E-state index in [0.29, 0.717) is 37.8 Å². The molecule has 1 fully saturated rings. The molecule has 8 heteroatoms. The van der Waals surface area contributed by atoms with Gasteiger partial charge in [0, 0.05) is 29.6 Å². The molecule has 0 aliphatic carbocycles. The lowest BCUT2D eigenvalue weighted by atomic mass is 10.2. The molecule has 152 valence electrons. The Labute approximate surface area is 174 Å². The fourth-order valence-electron chi connectivity index (χ4n) is 3.13. The van der Waals surface area contributed by atoms with Gasteiger partial charge in [-0.15, -0.1) is 11.3 Å². The topological polar surface area (TPSA) is 68.7 Å². The summed E-state index contributed by atoms with van der Waals surface area (Å²) in [7, 11) is -3.48. The first-order chi connectivity index (χ1) is 14.1. The lowest BCUT2D eigenvalue weighted by molar-refractivity contribution is 0.0730. The van der Waals surface area contributed by atoms with Crippen molar-refractivity contribution in [2.24, 2.45) is 0 Å². The first kappa shape index (κ1) is 20.0. The third-order valence-corrected chi connectivity index (χ3v) is 7.48. The van der Waals surface area contributed by atoms with Gasteiger partial charge in [0.05, 0.1) is 30.4 Å². The molecular weight excluding hydrogens is 408 g/mol. The lowest BCUT2D eigenvalue weighted by Crippen LogP contribution is -2.40. The predicted octanol–water partition coefficient (Wildman–Crippen LogP) is 3.90. The van der Waals surface area contributed by atoms with Crippen molar-refractivity contribution in [3.8, 4) is 27.6 Å². The van der Waals surface area contributed by atoms with Gasteiger partial charge in [-0.3, -0.25) is 0 Å². The van der Waals surface area contributed by atoms with Crippen molar-refractivity contribution >= 4 is 21.4 Å². The summed E-state index contributed by atoms with van der Waals surface area (Å²) in [4.78, 5) is 5.01. The Balaban J connectivity index is 1.52. The highest BCUT2D eigenvalue weighted by molar-refractivity contribution is 7.89. The maximum atomic E-state index is 12.7. The minimum atomic E-state index is -3.48. The highest BCUT2D eigenvalue weighted by Gasteiger charge is 2.26. The van der Waals surface area contributed by atoms with Crippen molar-refractivity contribution < 1.29 is 17.9 Å². The Morgan fingerprint density at radius 1 is 1.03 bits per heavy atom. The van der Waals surface area contributed by atoms with E-state index in [4.69, 9.17) is 14.5 Å². The molecule has 29 heavy (non-hydrogen) atoms. The number of ether oxygens (including phenoxy) is 2. The van der Waals surface area contributed by atoms with Gasteiger partial charge < -0.3 is 9.47 Å². The van der Waals surface area contributed by atoms with Crippen LogP contribution in [0.3, 0.4) is 0 Å². The zero-order valence-corrected chi connectivity index (χ0v) is 17.7. The summed E-state index contributed by atoms with van der Waals surface area (Å²) < 4.78 is 37.7. The first-order valence-corrected chi connectivity index (χ1v) is 11.8. The van der Waals surface area contributed by atoms with Crippen molar-refractivity contribution in [1.29, 1.82) is 0 Å². The normalized spacial score (nSPS) is 15.3. The van der Waals surface area contributed by atoms with Crippen LogP contribution in [0.2, 0.25) is 0 Å². The molecule has 2 heterocycles. The van der Waals surface area contributed by atoms with E-state index in [9.17, 15) is 8.42 Å². The second-order valence-corrected chi connectivity index (χ2v) is 9.33. The van der Waals surface area contributed by atoms with E-state index in [1.807, 2.05) is 48.7 Å². The average molecular weight is 431 g/mol. The molecule has 4 rings (SSSR count). The Bertz CT molecular complexity index is 1050. The summed E-state index contributed by atoms with van der Waals surface area (Å²) in [5, 5.41) is 2.89. The van der Waals surface area contributed by atoms with E-state index in [-0.39, 0.29) is 0 Å². The molecule has 0 N–H and O–H groups in total. The summed E-state index contributed by atoms with van der Waals surface area (Å²) in [6.07, 6.45) is 0. The lowest BCUT2D eigenvalue weighted by Gasteiger charge is -2.26. The fourth-order valence-corrected chi connectivity index (χ4v) is 5.38. The van der Waals surface area contributed by atoms with E-state index in [1.54, 1.807) is 23.5 Å². The molecule has 0 bridgehead atoms. The van der Waals surface area contributed by atoms with Crippen molar-refractivity contribution in [1.82, 2.24) is 9.29 Å². The Morgan fingerprint density at radius 3 is 2.34 bits per heavy atom. The maximum Gasteiger partial charge on any atom is 0.243 e. The quantitative estimate of drug-likeness (QED) is 0.593. The largest absolute Gasteiger partial charge is 0.494 e. The summed E-state index contributed by atoms with van der Waals surface area (Å²) >= 11 is 1.56. The Kier molecular flexibility index (Phi) is 5.96. The molecule has 1 aliphatic rings. The number of morpholine rings is 1. The van der Waals surface area contributed by atoms with Gasteiger partial charge in [0.15, 0.2) is 0 Å². The van der Waals surface area contributed by atoms with Crippen LogP contribution in [0.5, 0.6) is 5.75 Å². The molecule has 0 saturated carbocycles. The maximum absolute atomic E-state index is 12.7. The van der Waals surface area contributed by atoms with Gasteiger partial charge in [-0.05, 0) is 43.3 Å². The van der Waals surface area contributed by atoms with Crippen LogP contribution in [-0.4, -0.2) is 50.6 Å². The summed E-state index contributed by atoms with van der Waals surface area (Å²) in [5.41, 5.74) is 2.74. The van der Waals surface area contributed by atoms with E-state index < -0.39 is 10.0 Å². The van der Waals surface area contributed by atoms with Crippen LogP contribution in [-0.2, 0) is 14.8 Å². The smallest absolute Gasteiger partial charge is 0.243 e. The van der Waals surface area contributed by atoms with Gasteiger partial charge >= 0.3 is 0 Å². The molecule has 6 nitrogen and oxygen atoms in total. The highest BCUT2D eigenvalue weighted by Crippen LogP contribution is 2.30. The number of hydrogen-bond donors (Lipinski definition) is 0. The van der Waals surface area contributed by atoms with Crippen LogP contribution >= 0.6 is 11.3 Å². The molecule has 0 unspecified atom stereocenters. The molecule has 0 radical (unpaired) electrons. The fraction of sp³-hybridized carbons (Fsp3) is 0.286. The number of hydrogen-bond acceptors (Lipinski definition) is 6. The molecule has 1 saturated heterocycles. The Morgan fingerprint density at radius 2 is 1.69 bits per heavy atom. The second-order valence-electron chi connectivity index (χ2n) is 6.54. The highest BCUT2D eigenvalue weighted by atomic mass is 32.2. The van der Waals surface area contributed by atoms with Crippen molar-refractivity contribution in [2.75, 3.05) is 32.9 Å². The molecule has 3 aromatic rings. The van der Waals surface area contributed by atoms with Gasteiger partial charge in [-0.25, -0.2) is 13.4 Å². The van der Waals surface area contributed by atoms with Crippen molar-refractivity contribution in [3.63, 3.8) is 0 Å². The standard InChI is InChI=1S/C21H22N2O4S2/c1-2-27-18-7-3-17(4-8-18)21-22-20(15-28-21)16-5-9-19(10-6-16)29(24,25)23-11-13-26-14-12-23/h3-10,15H,2,11-14H2,1H3. The number of sulfonamides is 1. The van der Waals surface area contributed by atoms with Crippen LogP contribution < -0.4 is 4.74 Å². The minimum absolute atomic E-state index is 0.296. The van der Waals surface area contributed by atoms with Gasteiger partial charge in [0.25, 0.3) is 0 Å². The van der Waals surface area contributed by atoms with Gasteiger partial charge in [0.1, 0.15) is 10.8 Å². The van der Waals surface area contributed by atoms with E-state index in [2.05, 4.69) is 0 Å². The summed E-state index contributed by atoms with van der Waals surface area (Å²) in [6.45, 7) is 4.24. The van der Waals surface area contributed by atoms with Crippen molar-refractivity contribution in [2.45, 2.75) is 11.8 Å². The van der Waals surface area contributed by atoms with Crippen LogP contribution in [0.4, 0.5) is 0 Å². The number of rotatable bonds is 6. The first-order valence-electron chi connectivity index (χ1n) is 9.45. The number of benzene rings is 2. The summed E-state index contributed by atoms with van der Waals surface area (Å²) in [5.74, 6) is 0.838. The van der Waals surface area contributed by atoms with E-state index in [0.717, 1.165) is 27.6 Å². The van der Waals surface area contributed by atoms with Crippen molar-refractivity contribution in [3.05, 3.63) is 53.9 Å². The molecule has 0 atom stereocenters. The van der Waals surface area contributed by atoms with Crippen LogP contribution in [0.1, 0.15) is 6.92 Å². The van der Waals surface area contributed by atoms with E-state index in [1.165, 1.54) is 4.31 Å². The van der Waals surface area contributed by atoms with Crippen LogP contribution in [0.25, 0.3) is 21.8 Å². The van der Waals surface area contributed by atoms with Gasteiger partial charge in [0.2, 0.25) is 10.0 Å². The molecule has 2 aromatic carbocycles. The zero-order valence-electron chi connectivity index (χ0n) is 16.1. The number of aromatic nitrogens is 1. The van der Waals surface area contributed by atoms with Crippen LogP contribution in [0, 0.1) is 0 Å². The van der Waals surface area contributed by atoms with Gasteiger partial charge in [-0.1, -0.05) is 12.1 Å². The predicted molar refractivity (Wildman–Crippen MR) is 114 cm³/mol. The monoisotopic (exact) mass is 430 g/mol. The molecule has 0 amide bonds. The second kappa shape index (κ2) is 8.62. The molecular formula is C21H22N2O4S2. The van der Waals surface area contributed by atoms with Crippen LogP contribution in [0.15, 0.2) is 58.8 Å². The summed E-state index contributed by atoms with van der Waals surface area (Å²) in [6, 6.07) is 14.8. The molecule has 1 aromatic heterocycles.